The fraction of sp³-hybridized carbons (Fsp3) is 0.417. The van der Waals surface area contributed by atoms with E-state index in [-0.39, 0.29) is 12.3 Å². The molecule has 102 valence electrons. The molecule has 0 saturated carbocycles. The molecule has 0 aliphatic carbocycles. The molecule has 19 heavy (non-hydrogen) atoms. The summed E-state index contributed by atoms with van der Waals surface area (Å²) in [6, 6.07) is 3.53. The predicted molar refractivity (Wildman–Crippen MR) is 59.1 cm³/mol. The van der Waals surface area contributed by atoms with Crippen molar-refractivity contribution in [3.05, 3.63) is 29.6 Å². The molecule has 0 saturated heterocycles. The van der Waals surface area contributed by atoms with Crippen molar-refractivity contribution in [2.75, 3.05) is 13.2 Å². The van der Waals surface area contributed by atoms with Gasteiger partial charge < -0.3 is 4.74 Å². The van der Waals surface area contributed by atoms with Crippen LogP contribution in [0.25, 0.3) is 0 Å². The Morgan fingerprint density at radius 3 is 2.63 bits per heavy atom. The number of ketones is 1. The molecule has 1 aromatic heterocycles. The topological polar surface area (TPSA) is 63.0 Å². The van der Waals surface area contributed by atoms with Crippen LogP contribution >= 0.6 is 0 Å². The van der Waals surface area contributed by atoms with E-state index in [1.165, 1.54) is 0 Å². The first kappa shape index (κ1) is 15.1. The van der Waals surface area contributed by atoms with E-state index in [4.69, 9.17) is 10.00 Å². The number of hydrogen-bond acceptors (Lipinski definition) is 4. The van der Waals surface area contributed by atoms with Gasteiger partial charge in [-0.15, -0.1) is 0 Å². The van der Waals surface area contributed by atoms with Crippen LogP contribution < -0.4 is 0 Å². The number of halogens is 3. The van der Waals surface area contributed by atoms with Gasteiger partial charge in [-0.05, 0) is 19.1 Å². The maximum absolute atomic E-state index is 12.3. The van der Waals surface area contributed by atoms with E-state index in [1.54, 1.807) is 13.0 Å². The van der Waals surface area contributed by atoms with Crippen molar-refractivity contribution in [1.29, 1.82) is 5.26 Å². The lowest BCUT2D eigenvalue weighted by Crippen LogP contribution is -2.18. The van der Waals surface area contributed by atoms with Gasteiger partial charge in [-0.2, -0.15) is 18.4 Å². The number of ether oxygens (including phenoxy) is 1. The second kappa shape index (κ2) is 6.29. The molecule has 0 amide bonds. The van der Waals surface area contributed by atoms with E-state index >= 15 is 0 Å². The van der Waals surface area contributed by atoms with Gasteiger partial charge >= 0.3 is 6.18 Å². The third-order valence-electron chi connectivity index (χ3n) is 2.31. The van der Waals surface area contributed by atoms with Gasteiger partial charge in [0.1, 0.15) is 12.5 Å². The molecule has 0 N–H and O–H groups in total. The lowest BCUT2D eigenvalue weighted by molar-refractivity contribution is -0.137. The van der Waals surface area contributed by atoms with Gasteiger partial charge in [0, 0.05) is 12.8 Å². The molecule has 7 heteroatoms. The van der Waals surface area contributed by atoms with Crippen LogP contribution in [0, 0.1) is 11.3 Å². The van der Waals surface area contributed by atoms with Crippen molar-refractivity contribution < 1.29 is 22.7 Å². The Bertz CT molecular complexity index is 477. The van der Waals surface area contributed by atoms with E-state index in [2.05, 4.69) is 4.98 Å². The number of Topliss-reactive ketones (excluding diaryl/α,β-unsaturated/α-hetero) is 1. The Labute approximate surface area is 107 Å². The summed E-state index contributed by atoms with van der Waals surface area (Å²) in [5.74, 6) is -1.74. The summed E-state index contributed by atoms with van der Waals surface area (Å²) in [6.45, 7) is 1.73. The molecule has 1 aromatic rings. The normalized spacial score (nSPS) is 12.8. The van der Waals surface area contributed by atoms with Gasteiger partial charge in [-0.3, -0.25) is 9.78 Å². The maximum Gasteiger partial charge on any atom is 0.417 e. The van der Waals surface area contributed by atoms with Gasteiger partial charge in [0.25, 0.3) is 0 Å². The first-order valence-corrected chi connectivity index (χ1v) is 5.43. The van der Waals surface area contributed by atoms with Crippen molar-refractivity contribution in [3.63, 3.8) is 0 Å². The summed E-state index contributed by atoms with van der Waals surface area (Å²) in [5.41, 5.74) is -0.939. The Hall–Kier alpha value is -1.94. The Morgan fingerprint density at radius 2 is 2.21 bits per heavy atom. The fourth-order valence-electron chi connectivity index (χ4n) is 1.33. The molecule has 0 spiro atoms. The molecule has 0 bridgehead atoms. The largest absolute Gasteiger partial charge is 0.417 e. The van der Waals surface area contributed by atoms with E-state index in [1.807, 2.05) is 0 Å². The lowest BCUT2D eigenvalue weighted by atomic mass is 10.0. The number of aromatic nitrogens is 1. The molecule has 0 fully saturated rings. The minimum Gasteiger partial charge on any atom is -0.374 e. The maximum atomic E-state index is 12.3. The molecule has 1 unspecified atom stereocenters. The molecule has 0 aromatic carbocycles. The molecule has 0 radical (unpaired) electrons. The number of alkyl halides is 3. The molecule has 1 rings (SSSR count). The van der Waals surface area contributed by atoms with Crippen LogP contribution in [0.2, 0.25) is 0 Å². The zero-order valence-electron chi connectivity index (χ0n) is 10.1. The highest BCUT2D eigenvalue weighted by Crippen LogP contribution is 2.29. The highest BCUT2D eigenvalue weighted by atomic mass is 19.4. The van der Waals surface area contributed by atoms with Crippen molar-refractivity contribution in [1.82, 2.24) is 4.98 Å². The van der Waals surface area contributed by atoms with Crippen molar-refractivity contribution in [2.24, 2.45) is 0 Å². The number of carbonyl (C=O) groups is 1. The number of rotatable bonds is 5. The Balaban J connectivity index is 2.89. The van der Waals surface area contributed by atoms with Crippen molar-refractivity contribution >= 4 is 5.78 Å². The van der Waals surface area contributed by atoms with Gasteiger partial charge in [-0.25, -0.2) is 0 Å². The van der Waals surface area contributed by atoms with Gasteiger partial charge in [-0.1, -0.05) is 0 Å². The van der Waals surface area contributed by atoms with Crippen LogP contribution in [-0.4, -0.2) is 24.0 Å². The Kier molecular flexibility index (Phi) is 5.01. The van der Waals surface area contributed by atoms with Gasteiger partial charge in [0.2, 0.25) is 0 Å². The smallest absolute Gasteiger partial charge is 0.374 e. The lowest BCUT2D eigenvalue weighted by Gasteiger charge is -2.10. The van der Waals surface area contributed by atoms with Crippen LogP contribution in [0.4, 0.5) is 13.2 Å². The average molecular weight is 272 g/mol. The second-order valence-corrected chi connectivity index (χ2v) is 3.64. The number of hydrogen-bond donors (Lipinski definition) is 0. The van der Waals surface area contributed by atoms with Crippen LogP contribution in [0.3, 0.4) is 0 Å². The van der Waals surface area contributed by atoms with E-state index < -0.39 is 23.4 Å². The zero-order valence-corrected chi connectivity index (χ0v) is 10.1. The summed E-state index contributed by atoms with van der Waals surface area (Å²) in [4.78, 5) is 15.1. The molecule has 0 aliphatic rings. The molecular weight excluding hydrogens is 261 g/mol. The van der Waals surface area contributed by atoms with Gasteiger partial charge in [0.15, 0.2) is 5.78 Å². The Morgan fingerprint density at radius 1 is 1.53 bits per heavy atom. The monoisotopic (exact) mass is 272 g/mol. The van der Waals surface area contributed by atoms with Crippen LogP contribution in [-0.2, 0) is 15.7 Å². The number of carbonyl (C=O) groups excluding carboxylic acids is 1. The average Bonchev–Trinajstić information content (AvgIpc) is 2.37. The third-order valence-corrected chi connectivity index (χ3v) is 2.31. The van der Waals surface area contributed by atoms with Crippen LogP contribution in [0.5, 0.6) is 0 Å². The fourth-order valence-corrected chi connectivity index (χ4v) is 1.33. The van der Waals surface area contributed by atoms with Crippen molar-refractivity contribution in [3.8, 4) is 6.07 Å². The summed E-state index contributed by atoms with van der Waals surface area (Å²) < 4.78 is 41.9. The molecule has 1 atom stereocenters. The SMILES string of the molecule is CCOCC(=O)C(C#N)c1ccc(C(F)(F)F)cn1. The summed E-state index contributed by atoms with van der Waals surface area (Å²) in [6.07, 6.45) is -3.89. The summed E-state index contributed by atoms with van der Waals surface area (Å²) in [7, 11) is 0. The minimum atomic E-state index is -4.50. The standard InChI is InChI=1S/C12H11F3N2O2/c1-2-19-7-11(18)9(5-16)10-4-3-8(6-17-10)12(13,14)15/h3-4,6,9H,2,7H2,1H3. The van der Waals surface area contributed by atoms with Crippen LogP contribution in [0.1, 0.15) is 24.1 Å². The molecule has 4 nitrogen and oxygen atoms in total. The molecule has 1 heterocycles. The van der Waals surface area contributed by atoms with E-state index in [9.17, 15) is 18.0 Å². The summed E-state index contributed by atoms with van der Waals surface area (Å²) >= 11 is 0. The quantitative estimate of drug-likeness (QED) is 0.825. The van der Waals surface area contributed by atoms with Crippen molar-refractivity contribution in [2.45, 2.75) is 19.0 Å². The van der Waals surface area contributed by atoms with E-state index in [0.29, 0.717) is 12.8 Å². The highest BCUT2D eigenvalue weighted by Gasteiger charge is 2.31. The predicted octanol–water partition coefficient (Wildman–Crippen LogP) is 2.31. The van der Waals surface area contributed by atoms with E-state index in [0.717, 1.165) is 12.1 Å². The summed E-state index contributed by atoms with van der Waals surface area (Å²) in [5, 5.41) is 8.89. The second-order valence-electron chi connectivity index (χ2n) is 3.64. The first-order valence-electron chi connectivity index (χ1n) is 5.43. The highest BCUT2D eigenvalue weighted by molar-refractivity contribution is 5.89. The number of nitrogens with zero attached hydrogens (tertiary/aromatic N) is 2. The van der Waals surface area contributed by atoms with Crippen LogP contribution in [0.15, 0.2) is 18.3 Å². The molecular formula is C12H11F3N2O2. The molecule has 0 aliphatic heterocycles. The third kappa shape index (κ3) is 4.03. The number of pyridine rings is 1. The zero-order chi connectivity index (χ0) is 14.5. The number of nitriles is 1. The van der Waals surface area contributed by atoms with Gasteiger partial charge in [0.05, 0.1) is 17.3 Å². The first-order chi connectivity index (χ1) is 8.90. The minimum absolute atomic E-state index is 0.0137.